The molecular formula is C16H12N2O. The van der Waals surface area contributed by atoms with E-state index in [0.717, 1.165) is 27.9 Å². The predicted molar refractivity (Wildman–Crippen MR) is 75.1 cm³/mol. The third-order valence-electron chi connectivity index (χ3n) is 2.84. The summed E-state index contributed by atoms with van der Waals surface area (Å²) >= 11 is 0. The Bertz CT molecular complexity index is 761. The minimum atomic E-state index is 0.834. The quantitative estimate of drug-likeness (QED) is 0.672. The number of ether oxygens (including phenoxy) is 1. The molecule has 1 aromatic carbocycles. The van der Waals surface area contributed by atoms with E-state index < -0.39 is 0 Å². The Kier molecular flexibility index (Phi) is 2.91. The number of H-pyrrole nitrogens is 1. The molecule has 0 bridgehead atoms. The first-order chi connectivity index (χ1) is 9.35. The van der Waals surface area contributed by atoms with Crippen molar-refractivity contribution in [1.82, 2.24) is 9.97 Å². The van der Waals surface area contributed by atoms with Crippen molar-refractivity contribution in [2.75, 3.05) is 7.11 Å². The van der Waals surface area contributed by atoms with Crippen LogP contribution in [-0.2, 0) is 0 Å². The molecule has 0 aliphatic rings. The Balaban J connectivity index is 1.89. The molecule has 0 radical (unpaired) electrons. The first kappa shape index (κ1) is 11.4. The smallest absolute Gasteiger partial charge is 0.137 e. The number of pyridine rings is 1. The van der Waals surface area contributed by atoms with Gasteiger partial charge in [-0.15, -0.1) is 0 Å². The molecule has 2 heterocycles. The summed E-state index contributed by atoms with van der Waals surface area (Å²) in [6.45, 7) is 0. The molecule has 0 spiro atoms. The molecule has 0 saturated heterocycles. The van der Waals surface area contributed by atoms with Crippen molar-refractivity contribution < 1.29 is 4.74 Å². The van der Waals surface area contributed by atoms with E-state index in [1.165, 1.54) is 0 Å². The van der Waals surface area contributed by atoms with Crippen molar-refractivity contribution >= 4 is 11.0 Å². The van der Waals surface area contributed by atoms with Gasteiger partial charge in [-0.2, -0.15) is 0 Å². The summed E-state index contributed by atoms with van der Waals surface area (Å²) in [5.74, 6) is 7.06. The SMILES string of the molecule is COc1ccc(C#Cc2cnc3[nH]ccc3c2)cc1. The molecule has 0 aliphatic carbocycles. The van der Waals surface area contributed by atoms with E-state index in [1.54, 1.807) is 13.3 Å². The maximum Gasteiger partial charge on any atom is 0.137 e. The van der Waals surface area contributed by atoms with E-state index in [-0.39, 0.29) is 0 Å². The van der Waals surface area contributed by atoms with E-state index in [1.807, 2.05) is 42.6 Å². The highest BCUT2D eigenvalue weighted by Gasteiger charge is 1.96. The first-order valence-electron chi connectivity index (χ1n) is 5.94. The van der Waals surface area contributed by atoms with Gasteiger partial charge in [0.25, 0.3) is 0 Å². The second kappa shape index (κ2) is 4.87. The Morgan fingerprint density at radius 1 is 1.05 bits per heavy atom. The monoisotopic (exact) mass is 248 g/mol. The van der Waals surface area contributed by atoms with Gasteiger partial charge in [0.2, 0.25) is 0 Å². The van der Waals surface area contributed by atoms with Crippen molar-refractivity contribution in [2.45, 2.75) is 0 Å². The lowest BCUT2D eigenvalue weighted by Crippen LogP contribution is -1.82. The summed E-state index contributed by atoms with van der Waals surface area (Å²) in [5, 5.41) is 1.07. The van der Waals surface area contributed by atoms with E-state index >= 15 is 0 Å². The fourth-order valence-electron chi connectivity index (χ4n) is 1.83. The van der Waals surface area contributed by atoms with Gasteiger partial charge in [0.15, 0.2) is 0 Å². The van der Waals surface area contributed by atoms with Gasteiger partial charge in [-0.3, -0.25) is 0 Å². The molecule has 19 heavy (non-hydrogen) atoms. The lowest BCUT2D eigenvalue weighted by Gasteiger charge is -1.97. The van der Waals surface area contributed by atoms with Crippen molar-refractivity contribution in [1.29, 1.82) is 0 Å². The molecule has 2 aromatic heterocycles. The molecular weight excluding hydrogens is 236 g/mol. The molecule has 0 fully saturated rings. The summed E-state index contributed by atoms with van der Waals surface area (Å²) in [7, 11) is 1.65. The number of nitrogens with zero attached hydrogens (tertiary/aromatic N) is 1. The van der Waals surface area contributed by atoms with E-state index in [2.05, 4.69) is 21.8 Å². The molecule has 0 saturated carbocycles. The third-order valence-corrected chi connectivity index (χ3v) is 2.84. The molecule has 0 amide bonds. The van der Waals surface area contributed by atoms with Crippen molar-refractivity contribution in [3.8, 4) is 17.6 Å². The van der Waals surface area contributed by atoms with Crippen LogP contribution < -0.4 is 4.74 Å². The highest BCUT2D eigenvalue weighted by Crippen LogP contribution is 2.12. The molecule has 0 aliphatic heterocycles. The molecule has 3 aromatic rings. The van der Waals surface area contributed by atoms with Crippen LogP contribution in [0.5, 0.6) is 5.75 Å². The number of hydrogen-bond donors (Lipinski definition) is 1. The van der Waals surface area contributed by atoms with Crippen LogP contribution in [0.1, 0.15) is 11.1 Å². The Morgan fingerprint density at radius 3 is 2.63 bits per heavy atom. The Morgan fingerprint density at radius 2 is 1.84 bits per heavy atom. The summed E-state index contributed by atoms with van der Waals surface area (Å²) in [5.41, 5.74) is 2.74. The molecule has 3 heteroatoms. The molecule has 92 valence electrons. The minimum Gasteiger partial charge on any atom is -0.497 e. The number of aromatic nitrogens is 2. The van der Waals surface area contributed by atoms with Crippen molar-refractivity contribution in [3.05, 3.63) is 59.9 Å². The number of hydrogen-bond acceptors (Lipinski definition) is 2. The number of aromatic amines is 1. The zero-order valence-corrected chi connectivity index (χ0v) is 10.5. The normalized spacial score (nSPS) is 9.95. The Hall–Kier alpha value is -2.73. The maximum absolute atomic E-state index is 5.11. The van der Waals surface area contributed by atoms with Crippen LogP contribution in [0.4, 0.5) is 0 Å². The predicted octanol–water partition coefficient (Wildman–Crippen LogP) is 2.97. The molecule has 1 N–H and O–H groups in total. The zero-order valence-electron chi connectivity index (χ0n) is 10.5. The highest BCUT2D eigenvalue weighted by molar-refractivity contribution is 5.76. The highest BCUT2D eigenvalue weighted by atomic mass is 16.5. The van der Waals surface area contributed by atoms with Crippen LogP contribution in [0.3, 0.4) is 0 Å². The average Bonchev–Trinajstić information content (AvgIpc) is 2.93. The van der Waals surface area contributed by atoms with Gasteiger partial charge < -0.3 is 9.72 Å². The number of nitrogens with one attached hydrogen (secondary N) is 1. The average molecular weight is 248 g/mol. The second-order valence-electron chi connectivity index (χ2n) is 4.12. The molecule has 3 rings (SSSR count). The van der Waals surface area contributed by atoms with Gasteiger partial charge in [-0.1, -0.05) is 11.8 Å². The van der Waals surface area contributed by atoms with Crippen molar-refractivity contribution in [3.63, 3.8) is 0 Å². The molecule has 3 nitrogen and oxygen atoms in total. The standard InChI is InChI=1S/C16H12N2O/c1-19-15-6-4-12(5-7-15)2-3-13-10-14-8-9-17-16(14)18-11-13/h4-11H,1H3,(H,17,18). The number of rotatable bonds is 1. The Labute approximate surface area is 111 Å². The van der Waals surface area contributed by atoms with Crippen molar-refractivity contribution in [2.24, 2.45) is 0 Å². The fraction of sp³-hybridized carbons (Fsp3) is 0.0625. The lowest BCUT2D eigenvalue weighted by atomic mass is 10.2. The fourth-order valence-corrected chi connectivity index (χ4v) is 1.83. The van der Waals surface area contributed by atoms with Gasteiger partial charge in [0, 0.05) is 28.9 Å². The minimum absolute atomic E-state index is 0.834. The van der Waals surface area contributed by atoms with Gasteiger partial charge in [0.05, 0.1) is 7.11 Å². The number of methoxy groups -OCH3 is 1. The largest absolute Gasteiger partial charge is 0.497 e. The van der Waals surface area contributed by atoms with Crippen LogP contribution in [0, 0.1) is 11.8 Å². The molecule has 0 atom stereocenters. The topological polar surface area (TPSA) is 37.9 Å². The summed E-state index contributed by atoms with van der Waals surface area (Å²) in [4.78, 5) is 7.36. The van der Waals surface area contributed by atoms with Crippen LogP contribution in [0.15, 0.2) is 48.8 Å². The van der Waals surface area contributed by atoms with Gasteiger partial charge >= 0.3 is 0 Å². The van der Waals surface area contributed by atoms with Crippen LogP contribution in [0.25, 0.3) is 11.0 Å². The summed E-state index contributed by atoms with van der Waals surface area (Å²) in [6, 6.07) is 11.7. The van der Waals surface area contributed by atoms with Crippen LogP contribution in [0.2, 0.25) is 0 Å². The lowest BCUT2D eigenvalue weighted by molar-refractivity contribution is 0.415. The van der Waals surface area contributed by atoms with Crippen LogP contribution in [-0.4, -0.2) is 17.1 Å². The first-order valence-corrected chi connectivity index (χ1v) is 5.94. The second-order valence-corrected chi connectivity index (χ2v) is 4.12. The van der Waals surface area contributed by atoms with E-state index in [9.17, 15) is 0 Å². The van der Waals surface area contributed by atoms with E-state index in [0.29, 0.717) is 0 Å². The summed E-state index contributed by atoms with van der Waals surface area (Å²) in [6.07, 6.45) is 3.65. The maximum atomic E-state index is 5.11. The number of benzene rings is 1. The van der Waals surface area contributed by atoms with Gasteiger partial charge in [-0.25, -0.2) is 4.98 Å². The number of fused-ring (bicyclic) bond motifs is 1. The zero-order chi connectivity index (χ0) is 13.1. The van der Waals surface area contributed by atoms with E-state index in [4.69, 9.17) is 4.74 Å². The van der Waals surface area contributed by atoms with Gasteiger partial charge in [0.1, 0.15) is 11.4 Å². The third kappa shape index (κ3) is 2.43. The summed E-state index contributed by atoms with van der Waals surface area (Å²) < 4.78 is 5.11. The van der Waals surface area contributed by atoms with Crippen LogP contribution >= 0.6 is 0 Å². The van der Waals surface area contributed by atoms with Gasteiger partial charge in [-0.05, 0) is 36.4 Å². The molecule has 0 unspecified atom stereocenters.